The molecule has 0 rings (SSSR count). The summed E-state index contributed by atoms with van der Waals surface area (Å²) >= 11 is 9.42. The SMILES string of the molecule is CCC(O)C(Cl)CCCC(C)Br. The summed E-state index contributed by atoms with van der Waals surface area (Å²) in [6, 6.07) is 0. The van der Waals surface area contributed by atoms with Gasteiger partial charge in [-0.2, -0.15) is 0 Å². The monoisotopic (exact) mass is 256 g/mol. The van der Waals surface area contributed by atoms with E-state index in [1.807, 2.05) is 6.92 Å². The Morgan fingerprint density at radius 2 is 2.00 bits per heavy atom. The molecular formula is C9H18BrClO. The van der Waals surface area contributed by atoms with E-state index < -0.39 is 0 Å². The van der Waals surface area contributed by atoms with Crippen molar-refractivity contribution < 1.29 is 5.11 Å². The van der Waals surface area contributed by atoms with Crippen molar-refractivity contribution in [2.75, 3.05) is 0 Å². The zero-order valence-electron chi connectivity index (χ0n) is 7.76. The van der Waals surface area contributed by atoms with Crippen LogP contribution in [-0.4, -0.2) is 21.4 Å². The van der Waals surface area contributed by atoms with Crippen molar-refractivity contribution in [2.24, 2.45) is 0 Å². The zero-order chi connectivity index (χ0) is 9.56. The Morgan fingerprint density at radius 3 is 2.42 bits per heavy atom. The van der Waals surface area contributed by atoms with E-state index in [2.05, 4.69) is 22.9 Å². The number of aliphatic hydroxyl groups excluding tert-OH is 1. The van der Waals surface area contributed by atoms with E-state index in [-0.39, 0.29) is 11.5 Å². The van der Waals surface area contributed by atoms with Crippen LogP contribution in [0.3, 0.4) is 0 Å². The summed E-state index contributed by atoms with van der Waals surface area (Å²) in [5, 5.41) is 9.28. The first-order valence-electron chi connectivity index (χ1n) is 4.54. The minimum Gasteiger partial charge on any atom is -0.392 e. The summed E-state index contributed by atoms with van der Waals surface area (Å²) in [7, 11) is 0. The minimum atomic E-state index is -0.336. The zero-order valence-corrected chi connectivity index (χ0v) is 10.1. The van der Waals surface area contributed by atoms with E-state index in [4.69, 9.17) is 11.6 Å². The molecule has 0 aromatic rings. The highest BCUT2D eigenvalue weighted by atomic mass is 79.9. The molecule has 0 aliphatic carbocycles. The van der Waals surface area contributed by atoms with Gasteiger partial charge < -0.3 is 5.11 Å². The molecule has 74 valence electrons. The minimum absolute atomic E-state index is 0.0683. The van der Waals surface area contributed by atoms with Gasteiger partial charge in [0.05, 0.1) is 11.5 Å². The predicted molar refractivity (Wildman–Crippen MR) is 58.2 cm³/mol. The molecule has 1 nitrogen and oxygen atoms in total. The molecule has 0 spiro atoms. The van der Waals surface area contributed by atoms with E-state index >= 15 is 0 Å². The smallest absolute Gasteiger partial charge is 0.0701 e. The largest absolute Gasteiger partial charge is 0.392 e. The topological polar surface area (TPSA) is 20.2 Å². The highest BCUT2D eigenvalue weighted by molar-refractivity contribution is 9.09. The second-order valence-corrected chi connectivity index (χ2v) is 5.33. The van der Waals surface area contributed by atoms with Gasteiger partial charge in [0, 0.05) is 4.83 Å². The molecule has 0 aromatic heterocycles. The van der Waals surface area contributed by atoms with Crippen LogP contribution in [0, 0.1) is 0 Å². The van der Waals surface area contributed by atoms with Gasteiger partial charge in [-0.05, 0) is 19.3 Å². The first kappa shape index (κ1) is 12.7. The quantitative estimate of drug-likeness (QED) is 0.724. The van der Waals surface area contributed by atoms with Crippen molar-refractivity contribution >= 4 is 27.5 Å². The molecule has 3 unspecified atom stereocenters. The summed E-state index contributed by atoms with van der Waals surface area (Å²) in [5.41, 5.74) is 0. The van der Waals surface area contributed by atoms with Crippen LogP contribution >= 0.6 is 27.5 Å². The molecule has 0 saturated heterocycles. The average Bonchev–Trinajstić information content (AvgIpc) is 2.02. The number of alkyl halides is 2. The molecule has 0 fully saturated rings. The lowest BCUT2D eigenvalue weighted by Gasteiger charge is -2.14. The highest BCUT2D eigenvalue weighted by Crippen LogP contribution is 2.16. The van der Waals surface area contributed by atoms with Gasteiger partial charge in [0.2, 0.25) is 0 Å². The Bertz CT molecular complexity index is 109. The van der Waals surface area contributed by atoms with Crippen molar-refractivity contribution in [3.05, 3.63) is 0 Å². The third-order valence-electron chi connectivity index (χ3n) is 1.92. The predicted octanol–water partition coefficient (Wildman–Crippen LogP) is 3.32. The Hall–Kier alpha value is 0.730. The number of hydrogen-bond acceptors (Lipinski definition) is 1. The first-order valence-corrected chi connectivity index (χ1v) is 5.89. The Labute approximate surface area is 88.6 Å². The van der Waals surface area contributed by atoms with Crippen LogP contribution in [0.1, 0.15) is 39.5 Å². The summed E-state index contributed by atoms with van der Waals surface area (Å²) in [5.74, 6) is 0. The summed E-state index contributed by atoms with van der Waals surface area (Å²) in [4.78, 5) is 0.556. The molecule has 0 aromatic carbocycles. The second kappa shape index (κ2) is 7.16. The fourth-order valence-electron chi connectivity index (χ4n) is 1.04. The second-order valence-electron chi connectivity index (χ2n) is 3.20. The number of hydrogen-bond donors (Lipinski definition) is 1. The third kappa shape index (κ3) is 6.27. The maximum absolute atomic E-state index is 9.35. The Morgan fingerprint density at radius 1 is 1.42 bits per heavy atom. The maximum Gasteiger partial charge on any atom is 0.0701 e. The molecule has 0 bridgehead atoms. The molecule has 3 atom stereocenters. The molecule has 0 heterocycles. The lowest BCUT2D eigenvalue weighted by molar-refractivity contribution is 0.160. The average molecular weight is 258 g/mol. The molecular weight excluding hydrogens is 239 g/mol. The van der Waals surface area contributed by atoms with Crippen LogP contribution in [0.5, 0.6) is 0 Å². The van der Waals surface area contributed by atoms with E-state index in [1.165, 1.54) is 0 Å². The van der Waals surface area contributed by atoms with E-state index in [0.717, 1.165) is 25.7 Å². The Balaban J connectivity index is 3.37. The molecule has 12 heavy (non-hydrogen) atoms. The molecule has 0 aliphatic heterocycles. The number of rotatable bonds is 6. The first-order chi connectivity index (χ1) is 5.57. The molecule has 0 saturated carbocycles. The third-order valence-corrected chi connectivity index (χ3v) is 2.88. The van der Waals surface area contributed by atoms with Crippen LogP contribution in [0.15, 0.2) is 0 Å². The standard InChI is InChI=1S/C9H18BrClO/c1-3-9(12)8(11)6-4-5-7(2)10/h7-9,12H,3-6H2,1-2H3. The van der Waals surface area contributed by atoms with Crippen molar-refractivity contribution in [2.45, 2.75) is 55.8 Å². The van der Waals surface area contributed by atoms with Gasteiger partial charge in [-0.3, -0.25) is 0 Å². The summed E-state index contributed by atoms with van der Waals surface area (Å²) < 4.78 is 0. The fraction of sp³-hybridized carbons (Fsp3) is 1.00. The van der Waals surface area contributed by atoms with Crippen LogP contribution < -0.4 is 0 Å². The lowest BCUT2D eigenvalue weighted by atomic mass is 10.1. The van der Waals surface area contributed by atoms with Crippen molar-refractivity contribution in [1.29, 1.82) is 0 Å². The van der Waals surface area contributed by atoms with Gasteiger partial charge in [-0.15, -0.1) is 11.6 Å². The van der Waals surface area contributed by atoms with E-state index in [9.17, 15) is 5.11 Å². The van der Waals surface area contributed by atoms with Gasteiger partial charge in [0.1, 0.15) is 0 Å². The lowest BCUT2D eigenvalue weighted by Crippen LogP contribution is -2.19. The van der Waals surface area contributed by atoms with Crippen LogP contribution in [0.25, 0.3) is 0 Å². The number of halogens is 2. The van der Waals surface area contributed by atoms with Gasteiger partial charge in [0.15, 0.2) is 0 Å². The normalized spacial score (nSPS) is 18.8. The van der Waals surface area contributed by atoms with Gasteiger partial charge in [-0.25, -0.2) is 0 Å². The molecule has 3 heteroatoms. The van der Waals surface area contributed by atoms with E-state index in [0.29, 0.717) is 4.83 Å². The van der Waals surface area contributed by atoms with Gasteiger partial charge in [-0.1, -0.05) is 36.2 Å². The van der Waals surface area contributed by atoms with Crippen molar-refractivity contribution in [3.8, 4) is 0 Å². The molecule has 0 aliphatic rings. The molecule has 0 radical (unpaired) electrons. The van der Waals surface area contributed by atoms with Crippen LogP contribution in [0.2, 0.25) is 0 Å². The fourth-order valence-corrected chi connectivity index (χ4v) is 1.70. The van der Waals surface area contributed by atoms with Crippen molar-refractivity contribution in [1.82, 2.24) is 0 Å². The highest BCUT2D eigenvalue weighted by Gasteiger charge is 2.13. The summed E-state index contributed by atoms with van der Waals surface area (Å²) in [6.07, 6.45) is 3.53. The molecule has 0 amide bonds. The molecule has 1 N–H and O–H groups in total. The Kier molecular flexibility index (Phi) is 7.60. The van der Waals surface area contributed by atoms with Gasteiger partial charge >= 0.3 is 0 Å². The van der Waals surface area contributed by atoms with Crippen LogP contribution in [-0.2, 0) is 0 Å². The van der Waals surface area contributed by atoms with Crippen LogP contribution in [0.4, 0.5) is 0 Å². The number of aliphatic hydroxyl groups is 1. The summed E-state index contributed by atoms with van der Waals surface area (Å²) in [6.45, 7) is 4.08. The van der Waals surface area contributed by atoms with E-state index in [1.54, 1.807) is 0 Å². The van der Waals surface area contributed by atoms with Gasteiger partial charge in [0.25, 0.3) is 0 Å². The maximum atomic E-state index is 9.35. The van der Waals surface area contributed by atoms with Crippen molar-refractivity contribution in [3.63, 3.8) is 0 Å².